The van der Waals surface area contributed by atoms with E-state index < -0.39 is 0 Å². The number of fused-ring (bicyclic) bond motifs is 3. The molecule has 3 aromatic carbocycles. The first-order valence-electron chi connectivity index (χ1n) is 6.86. The average Bonchev–Trinajstić information content (AvgIpc) is 2.95. The van der Waals surface area contributed by atoms with Crippen molar-refractivity contribution in [3.63, 3.8) is 0 Å². The van der Waals surface area contributed by atoms with Crippen LogP contribution in [0.4, 0.5) is 5.69 Å². The SMILES string of the molecule is Cl.N#[N+]c1cc[c]cc1.c1ccc2c(c1)Cc1ccccc1-2. The van der Waals surface area contributed by atoms with Crippen LogP contribution in [0.15, 0.2) is 72.8 Å². The van der Waals surface area contributed by atoms with Crippen molar-refractivity contribution < 1.29 is 0 Å². The first-order chi connectivity index (χ1) is 10.4. The summed E-state index contributed by atoms with van der Waals surface area (Å²) in [7, 11) is 0. The smallest absolute Gasteiger partial charge is 0.147 e. The van der Waals surface area contributed by atoms with E-state index in [-0.39, 0.29) is 12.4 Å². The third-order valence-electron chi connectivity index (χ3n) is 3.52. The van der Waals surface area contributed by atoms with Crippen LogP contribution in [0, 0.1) is 11.5 Å². The molecule has 0 fully saturated rings. The first-order valence-corrected chi connectivity index (χ1v) is 6.86. The predicted molar refractivity (Wildman–Crippen MR) is 92.0 cm³/mol. The highest BCUT2D eigenvalue weighted by atomic mass is 35.5. The molecule has 0 unspecified atom stereocenters. The minimum atomic E-state index is 0. The zero-order valence-corrected chi connectivity index (χ0v) is 12.8. The van der Waals surface area contributed by atoms with E-state index in [1.807, 2.05) is 0 Å². The molecule has 0 saturated carbocycles. The van der Waals surface area contributed by atoms with E-state index in [9.17, 15) is 0 Å². The molecule has 4 rings (SSSR count). The Morgan fingerprint density at radius 1 is 0.773 bits per heavy atom. The summed E-state index contributed by atoms with van der Waals surface area (Å²) >= 11 is 0. The number of hydrogen-bond donors (Lipinski definition) is 0. The Balaban J connectivity index is 0.000000172. The van der Waals surface area contributed by atoms with Crippen LogP contribution in [0.1, 0.15) is 11.1 Å². The number of hydrogen-bond acceptors (Lipinski definition) is 1. The molecule has 0 spiro atoms. The van der Waals surface area contributed by atoms with Crippen LogP contribution in [-0.2, 0) is 6.42 Å². The van der Waals surface area contributed by atoms with Gasteiger partial charge in [0.1, 0.15) is 0 Å². The minimum absolute atomic E-state index is 0. The molecule has 0 aromatic heterocycles. The van der Waals surface area contributed by atoms with E-state index in [2.05, 4.69) is 59.6 Å². The van der Waals surface area contributed by atoms with Crippen LogP contribution in [-0.4, -0.2) is 0 Å². The van der Waals surface area contributed by atoms with Gasteiger partial charge in [0.15, 0.2) is 4.98 Å². The maximum atomic E-state index is 8.15. The Hall–Kier alpha value is -2.63. The highest BCUT2D eigenvalue weighted by molar-refractivity contribution is 5.85. The van der Waals surface area contributed by atoms with Gasteiger partial charge in [0.05, 0.1) is 0 Å². The molecule has 0 N–H and O–H groups in total. The van der Waals surface area contributed by atoms with Crippen molar-refractivity contribution >= 4 is 18.1 Å². The molecule has 22 heavy (non-hydrogen) atoms. The van der Waals surface area contributed by atoms with Gasteiger partial charge in [-0.1, -0.05) is 48.5 Å². The largest absolute Gasteiger partial charge is 0.385 e. The van der Waals surface area contributed by atoms with Gasteiger partial charge in [-0.15, -0.1) is 12.4 Å². The molecule has 0 heterocycles. The maximum Gasteiger partial charge on any atom is 0.385 e. The van der Waals surface area contributed by atoms with Gasteiger partial charge in [-0.05, 0) is 46.9 Å². The summed E-state index contributed by atoms with van der Waals surface area (Å²) in [5, 5.41) is 8.15. The molecule has 3 aromatic rings. The van der Waals surface area contributed by atoms with Crippen molar-refractivity contribution in [2.45, 2.75) is 6.42 Å². The monoisotopic (exact) mass is 306 g/mol. The Morgan fingerprint density at radius 3 is 1.73 bits per heavy atom. The van der Waals surface area contributed by atoms with Gasteiger partial charge in [-0.25, -0.2) is 0 Å². The fourth-order valence-corrected chi connectivity index (χ4v) is 2.52. The topological polar surface area (TPSA) is 28.1 Å². The lowest BCUT2D eigenvalue weighted by Gasteiger charge is -1.98. The van der Waals surface area contributed by atoms with Crippen LogP contribution in [0.3, 0.4) is 0 Å². The highest BCUT2D eigenvalue weighted by Crippen LogP contribution is 2.35. The maximum absolute atomic E-state index is 8.15. The van der Waals surface area contributed by atoms with Crippen LogP contribution in [0.25, 0.3) is 16.1 Å². The highest BCUT2D eigenvalue weighted by Gasteiger charge is 2.15. The van der Waals surface area contributed by atoms with E-state index in [1.54, 1.807) is 24.3 Å². The molecule has 1 aliphatic carbocycles. The van der Waals surface area contributed by atoms with Gasteiger partial charge < -0.3 is 0 Å². The number of halogens is 1. The number of nitrogens with zero attached hydrogens (tertiary/aromatic N) is 2. The van der Waals surface area contributed by atoms with Gasteiger partial charge in [0.25, 0.3) is 0 Å². The molecular formula is C19H15ClN2+. The normalized spacial score (nSPS) is 10.1. The van der Waals surface area contributed by atoms with Crippen LogP contribution in [0.5, 0.6) is 0 Å². The van der Waals surface area contributed by atoms with Gasteiger partial charge in [-0.2, -0.15) is 0 Å². The van der Waals surface area contributed by atoms with E-state index in [4.69, 9.17) is 5.39 Å². The summed E-state index contributed by atoms with van der Waals surface area (Å²) in [6, 6.07) is 26.8. The third-order valence-corrected chi connectivity index (χ3v) is 3.52. The molecule has 107 valence electrons. The van der Waals surface area contributed by atoms with Crippen molar-refractivity contribution in [1.29, 1.82) is 5.39 Å². The zero-order valence-electron chi connectivity index (χ0n) is 11.9. The standard InChI is InChI=1S/C13H10.C6H4N2.ClH/c1-3-7-12-10(5-1)9-11-6-2-4-8-13(11)12;7-8-6-4-2-1-3-5-6;/h1-8H,9H2;2-5H;1H/q;+1;. The second-order valence-electron chi connectivity index (χ2n) is 4.85. The second-order valence-corrected chi connectivity index (χ2v) is 4.85. The summed E-state index contributed by atoms with van der Waals surface area (Å²) in [5.74, 6) is 0. The fourth-order valence-electron chi connectivity index (χ4n) is 2.52. The van der Waals surface area contributed by atoms with E-state index in [1.165, 1.54) is 22.3 Å². The molecule has 2 nitrogen and oxygen atoms in total. The van der Waals surface area contributed by atoms with Gasteiger partial charge in [0, 0.05) is 12.1 Å². The Kier molecular flexibility index (Phi) is 5.30. The fraction of sp³-hybridized carbons (Fsp3) is 0.0526. The Bertz CT molecular complexity index is 748. The van der Waals surface area contributed by atoms with Crippen molar-refractivity contribution in [1.82, 2.24) is 0 Å². The van der Waals surface area contributed by atoms with E-state index in [0.717, 1.165) is 6.42 Å². The van der Waals surface area contributed by atoms with Crippen LogP contribution < -0.4 is 0 Å². The van der Waals surface area contributed by atoms with Crippen molar-refractivity contribution in [2.24, 2.45) is 0 Å². The molecule has 1 aliphatic rings. The quantitative estimate of drug-likeness (QED) is 0.386. The molecular weight excluding hydrogens is 292 g/mol. The summed E-state index contributed by atoms with van der Waals surface area (Å²) in [4.78, 5) is 2.95. The third kappa shape index (κ3) is 3.33. The lowest BCUT2D eigenvalue weighted by molar-refractivity contribution is 1.26. The van der Waals surface area contributed by atoms with Crippen molar-refractivity contribution in [2.75, 3.05) is 0 Å². The van der Waals surface area contributed by atoms with Crippen molar-refractivity contribution in [3.05, 3.63) is 95.0 Å². The number of benzene rings is 3. The molecule has 0 aliphatic heterocycles. The summed E-state index contributed by atoms with van der Waals surface area (Å²) in [5.41, 5.74) is 6.31. The lowest BCUT2D eigenvalue weighted by Crippen LogP contribution is -1.77. The van der Waals surface area contributed by atoms with Gasteiger partial charge in [0.2, 0.25) is 5.39 Å². The van der Waals surface area contributed by atoms with E-state index >= 15 is 0 Å². The Labute approximate surface area is 136 Å². The summed E-state index contributed by atoms with van der Waals surface area (Å²) in [6.45, 7) is 0. The molecule has 0 atom stereocenters. The molecule has 1 radical (unpaired) electrons. The summed E-state index contributed by atoms with van der Waals surface area (Å²) in [6.07, 6.45) is 1.10. The first kappa shape index (κ1) is 15.8. The van der Waals surface area contributed by atoms with Crippen LogP contribution in [0.2, 0.25) is 0 Å². The van der Waals surface area contributed by atoms with Crippen LogP contribution >= 0.6 is 12.4 Å². The average molecular weight is 307 g/mol. The number of diazo groups is 1. The van der Waals surface area contributed by atoms with Gasteiger partial charge >= 0.3 is 5.69 Å². The number of rotatable bonds is 0. The summed E-state index contributed by atoms with van der Waals surface area (Å²) < 4.78 is 0. The molecule has 3 heteroatoms. The minimum Gasteiger partial charge on any atom is -0.147 e. The van der Waals surface area contributed by atoms with Crippen molar-refractivity contribution in [3.8, 4) is 11.1 Å². The molecule has 0 bridgehead atoms. The second kappa shape index (κ2) is 7.40. The van der Waals surface area contributed by atoms with Gasteiger partial charge in [-0.3, -0.25) is 0 Å². The molecule has 0 amide bonds. The zero-order chi connectivity index (χ0) is 14.5. The predicted octanol–water partition coefficient (Wildman–Crippen LogP) is 5.65. The Morgan fingerprint density at radius 2 is 1.27 bits per heavy atom. The lowest BCUT2D eigenvalue weighted by atomic mass is 10.1. The van der Waals surface area contributed by atoms with E-state index in [0.29, 0.717) is 5.69 Å². The molecule has 0 saturated heterocycles.